The fourth-order valence-electron chi connectivity index (χ4n) is 3.44. The molecular formula is C23H25IO9S. The number of hydrogen-bond donors (Lipinski definition) is 0. The monoisotopic (exact) mass is 604 g/mol. The van der Waals surface area contributed by atoms with Gasteiger partial charge in [-0.3, -0.25) is 8.98 Å². The Bertz CT molecular complexity index is 1090. The molecule has 34 heavy (non-hydrogen) atoms. The number of rotatable bonds is 8. The van der Waals surface area contributed by atoms with Crippen LogP contribution >= 0.6 is 22.6 Å². The molecule has 9 nitrogen and oxygen atoms in total. The summed E-state index contributed by atoms with van der Waals surface area (Å²) in [6.45, 7) is 3.02. The topological polar surface area (TPSA) is 114 Å². The molecule has 1 aliphatic rings. The Morgan fingerprint density at radius 2 is 1.62 bits per heavy atom. The van der Waals surface area contributed by atoms with Gasteiger partial charge in [0.05, 0.1) is 10.5 Å². The molecule has 184 valence electrons. The van der Waals surface area contributed by atoms with Gasteiger partial charge in [0.25, 0.3) is 10.1 Å². The molecule has 1 fully saturated rings. The first-order chi connectivity index (χ1) is 16.2. The number of carbonyl (C=O) groups excluding carboxylic acids is 2. The van der Waals surface area contributed by atoms with Gasteiger partial charge in [0, 0.05) is 18.5 Å². The zero-order valence-electron chi connectivity index (χ0n) is 18.8. The number of halogens is 1. The van der Waals surface area contributed by atoms with Crippen LogP contribution in [0.15, 0.2) is 59.5 Å². The molecule has 5 atom stereocenters. The summed E-state index contributed by atoms with van der Waals surface area (Å²) >= 11 is 2.03. The van der Waals surface area contributed by atoms with Crippen molar-refractivity contribution in [2.75, 3.05) is 11.5 Å². The highest BCUT2D eigenvalue weighted by Crippen LogP contribution is 2.32. The molecule has 0 aliphatic carbocycles. The molecule has 0 saturated carbocycles. The highest BCUT2D eigenvalue weighted by molar-refractivity contribution is 14.1. The minimum absolute atomic E-state index is 0.0962. The van der Waals surface area contributed by atoms with Crippen LogP contribution in [0.25, 0.3) is 0 Å². The van der Waals surface area contributed by atoms with Crippen LogP contribution in [-0.2, 0) is 38.0 Å². The molecule has 1 heterocycles. The van der Waals surface area contributed by atoms with Crippen molar-refractivity contribution in [2.45, 2.75) is 49.4 Å². The average molecular weight is 604 g/mol. The second-order valence-corrected chi connectivity index (χ2v) is 10.0. The van der Waals surface area contributed by atoms with E-state index < -0.39 is 52.8 Å². The molecule has 0 radical (unpaired) electrons. The number of aryl methyl sites for hydroxylation is 1. The Morgan fingerprint density at radius 1 is 0.971 bits per heavy atom. The van der Waals surface area contributed by atoms with E-state index in [0.29, 0.717) is 4.43 Å². The second-order valence-electron chi connectivity index (χ2n) is 7.57. The van der Waals surface area contributed by atoms with E-state index in [1.807, 2.05) is 29.5 Å². The first-order valence-electron chi connectivity index (χ1n) is 10.3. The van der Waals surface area contributed by atoms with E-state index in [-0.39, 0.29) is 10.5 Å². The van der Waals surface area contributed by atoms with E-state index in [0.717, 1.165) is 5.56 Å². The van der Waals surface area contributed by atoms with Gasteiger partial charge in [-0.25, -0.2) is 4.79 Å². The van der Waals surface area contributed by atoms with Crippen LogP contribution in [0.2, 0.25) is 0 Å². The largest absolute Gasteiger partial charge is 0.456 e. The summed E-state index contributed by atoms with van der Waals surface area (Å²) in [6, 6.07) is 14.2. The van der Waals surface area contributed by atoms with Crippen molar-refractivity contribution < 1.29 is 41.1 Å². The van der Waals surface area contributed by atoms with Gasteiger partial charge in [-0.05, 0) is 31.2 Å². The number of carbonyl (C=O) groups is 2. The fraction of sp³-hybridized carbons (Fsp3) is 0.391. The molecule has 2 aromatic rings. The highest BCUT2D eigenvalue weighted by Gasteiger charge is 2.52. The van der Waals surface area contributed by atoms with Gasteiger partial charge in [0.15, 0.2) is 24.6 Å². The summed E-state index contributed by atoms with van der Waals surface area (Å²) in [4.78, 5) is 24.7. The Morgan fingerprint density at radius 3 is 2.18 bits per heavy atom. The molecule has 1 saturated heterocycles. The van der Waals surface area contributed by atoms with Gasteiger partial charge in [-0.1, -0.05) is 58.5 Å². The predicted molar refractivity (Wildman–Crippen MR) is 129 cm³/mol. The van der Waals surface area contributed by atoms with Crippen LogP contribution < -0.4 is 0 Å². The molecule has 3 rings (SSSR count). The first-order valence-corrected chi connectivity index (χ1v) is 13.3. The molecule has 0 amide bonds. The van der Waals surface area contributed by atoms with Crippen LogP contribution in [0.5, 0.6) is 0 Å². The molecule has 0 unspecified atom stereocenters. The maximum Gasteiger partial charge on any atom is 0.338 e. The number of methoxy groups -OCH3 is 1. The van der Waals surface area contributed by atoms with Crippen LogP contribution in [0.4, 0.5) is 0 Å². The number of benzene rings is 2. The minimum Gasteiger partial charge on any atom is -0.456 e. The van der Waals surface area contributed by atoms with Gasteiger partial charge < -0.3 is 18.9 Å². The third kappa shape index (κ3) is 6.33. The smallest absolute Gasteiger partial charge is 0.338 e. The first kappa shape index (κ1) is 26.5. The van der Waals surface area contributed by atoms with Crippen LogP contribution in [-0.4, -0.2) is 62.6 Å². The lowest BCUT2D eigenvalue weighted by Gasteiger charge is -2.43. The van der Waals surface area contributed by atoms with Crippen molar-refractivity contribution in [2.24, 2.45) is 0 Å². The van der Waals surface area contributed by atoms with Crippen molar-refractivity contribution >= 4 is 44.6 Å². The Hall–Kier alpha value is -2.06. The molecule has 1 aliphatic heterocycles. The van der Waals surface area contributed by atoms with Gasteiger partial charge in [0.1, 0.15) is 6.10 Å². The SMILES string of the molecule is CO[C@H]1O[C@H](CI)[C@@H](OC(C)=O)[C@H](OC(=O)c2ccccc2)[C@H]1OS(=O)(=O)c1ccc(C)cc1. The average Bonchev–Trinajstić information content (AvgIpc) is 2.81. The summed E-state index contributed by atoms with van der Waals surface area (Å²) < 4.78 is 54.3. The Labute approximate surface area is 211 Å². The summed E-state index contributed by atoms with van der Waals surface area (Å²) in [5.41, 5.74) is 1.10. The van der Waals surface area contributed by atoms with Gasteiger partial charge in [0.2, 0.25) is 0 Å². The van der Waals surface area contributed by atoms with E-state index in [9.17, 15) is 18.0 Å². The van der Waals surface area contributed by atoms with Crippen molar-refractivity contribution in [1.82, 2.24) is 0 Å². The van der Waals surface area contributed by atoms with E-state index in [1.54, 1.807) is 42.5 Å². The molecule has 2 aromatic carbocycles. The van der Waals surface area contributed by atoms with Crippen molar-refractivity contribution in [3.05, 3.63) is 65.7 Å². The molecule has 0 aromatic heterocycles. The number of esters is 2. The summed E-state index contributed by atoms with van der Waals surface area (Å²) in [6.07, 6.45) is -5.89. The van der Waals surface area contributed by atoms with Crippen LogP contribution in [0, 0.1) is 6.92 Å². The van der Waals surface area contributed by atoms with Crippen molar-refractivity contribution in [3.8, 4) is 0 Å². The zero-order chi connectivity index (χ0) is 24.9. The van der Waals surface area contributed by atoms with E-state index in [2.05, 4.69) is 0 Å². The molecule has 0 bridgehead atoms. The van der Waals surface area contributed by atoms with Crippen LogP contribution in [0.3, 0.4) is 0 Å². The Balaban J connectivity index is 2.01. The lowest BCUT2D eigenvalue weighted by Crippen LogP contribution is -2.62. The number of alkyl halides is 1. The van der Waals surface area contributed by atoms with E-state index in [1.165, 1.54) is 26.2 Å². The molecule has 11 heteroatoms. The van der Waals surface area contributed by atoms with Gasteiger partial charge >= 0.3 is 11.9 Å². The lowest BCUT2D eigenvalue weighted by atomic mass is 9.99. The molecular weight excluding hydrogens is 579 g/mol. The third-order valence-corrected chi connectivity index (χ3v) is 7.27. The van der Waals surface area contributed by atoms with Crippen molar-refractivity contribution in [1.29, 1.82) is 0 Å². The number of ether oxygens (including phenoxy) is 4. The normalized spacial score (nSPS) is 24.9. The lowest BCUT2D eigenvalue weighted by molar-refractivity contribution is -0.280. The summed E-state index contributed by atoms with van der Waals surface area (Å²) in [7, 11) is -3.01. The summed E-state index contributed by atoms with van der Waals surface area (Å²) in [5.74, 6) is -1.40. The van der Waals surface area contributed by atoms with Gasteiger partial charge in [-0.15, -0.1) is 0 Å². The molecule has 0 N–H and O–H groups in total. The minimum atomic E-state index is -4.32. The van der Waals surface area contributed by atoms with E-state index >= 15 is 0 Å². The molecule has 0 spiro atoms. The zero-order valence-corrected chi connectivity index (χ0v) is 21.7. The predicted octanol–water partition coefficient (Wildman–Crippen LogP) is 3.03. The van der Waals surface area contributed by atoms with Crippen molar-refractivity contribution in [3.63, 3.8) is 0 Å². The maximum absolute atomic E-state index is 13.1. The second kappa shape index (κ2) is 11.6. The third-order valence-electron chi connectivity index (χ3n) is 5.08. The maximum atomic E-state index is 13.1. The standard InChI is InChI=1S/C23H25IO9S/c1-14-9-11-17(12-10-14)34(27,28)33-21-20(32-22(26)16-7-5-4-6-8-16)19(30-15(2)25)18(13-24)31-23(21)29-3/h4-12,18-21,23H,13H2,1-3H3/t18-,19-,20+,21-,23+/m1/s1. The quantitative estimate of drug-likeness (QED) is 0.194. The fourth-order valence-corrected chi connectivity index (χ4v) is 5.22. The van der Waals surface area contributed by atoms with E-state index in [4.69, 9.17) is 23.1 Å². The number of hydrogen-bond acceptors (Lipinski definition) is 9. The van der Waals surface area contributed by atoms with Gasteiger partial charge in [-0.2, -0.15) is 8.42 Å². The highest BCUT2D eigenvalue weighted by atomic mass is 127. The summed E-state index contributed by atoms with van der Waals surface area (Å²) in [5, 5.41) is 0. The van der Waals surface area contributed by atoms with Crippen LogP contribution in [0.1, 0.15) is 22.8 Å². The Kier molecular flexibility index (Phi) is 9.04.